The Morgan fingerprint density at radius 3 is 2.33 bits per heavy atom. The van der Waals surface area contributed by atoms with Crippen LogP contribution in [0.2, 0.25) is 0 Å². The van der Waals surface area contributed by atoms with Crippen LogP contribution in [0.1, 0.15) is 6.23 Å². The van der Waals surface area contributed by atoms with Gasteiger partial charge in [0.05, 0.1) is 13.2 Å². The van der Waals surface area contributed by atoms with Gasteiger partial charge in [-0.25, -0.2) is 4.79 Å². The molecule has 1 aliphatic heterocycles. The number of carbonyl (C=O) groups excluding carboxylic acids is 1. The highest BCUT2D eigenvalue weighted by Crippen LogP contribution is 2.27. The van der Waals surface area contributed by atoms with Crippen LogP contribution in [0.3, 0.4) is 0 Å². The Labute approximate surface area is 152 Å². The van der Waals surface area contributed by atoms with Crippen LogP contribution >= 0.6 is 0 Å². The van der Waals surface area contributed by atoms with Crippen molar-refractivity contribution in [3.63, 3.8) is 0 Å². The Bertz CT molecular complexity index is 656. The van der Waals surface area contributed by atoms with Crippen LogP contribution in [-0.2, 0) is 9.53 Å². The Balaban J connectivity index is 0.000000314. The predicted octanol–water partition coefficient (Wildman–Crippen LogP) is -5.30. The van der Waals surface area contributed by atoms with Gasteiger partial charge in [0.15, 0.2) is 12.5 Å². The molecule has 0 saturated carbocycles. The monoisotopic (exact) mass is 393 g/mol. The van der Waals surface area contributed by atoms with Crippen molar-refractivity contribution < 1.29 is 45.3 Å². The molecule has 3 unspecified atom stereocenters. The summed E-state index contributed by atoms with van der Waals surface area (Å²) in [5.74, 6) is 0.0537. The molecule has 0 radical (unpaired) electrons. The third-order valence-electron chi connectivity index (χ3n) is 3.71. The Morgan fingerprint density at radius 2 is 1.89 bits per heavy atom. The maximum absolute atomic E-state index is 11.5. The summed E-state index contributed by atoms with van der Waals surface area (Å²) in [5, 5.41) is 62.2. The third-order valence-corrected chi connectivity index (χ3v) is 3.71. The van der Waals surface area contributed by atoms with Gasteiger partial charge in [-0.1, -0.05) is 0 Å². The number of hydrogen-bond acceptors (Lipinski definition) is 12. The first-order valence-corrected chi connectivity index (χ1v) is 7.75. The molecular weight excluding hydrogens is 370 g/mol. The third kappa shape index (κ3) is 5.75. The zero-order chi connectivity index (χ0) is 20.7. The molecule has 1 aromatic rings. The SMILES string of the molecule is Nc1ccn([C@@H]2O[C@H](CO)[C@@H](O)[C@H]2O)c(=O)n1.O=CC(O)C(O)C(O)CO. The van der Waals surface area contributed by atoms with Gasteiger partial charge in [0, 0.05) is 6.20 Å². The normalized spacial score (nSPS) is 28.0. The van der Waals surface area contributed by atoms with Gasteiger partial charge in [-0.3, -0.25) is 4.57 Å². The highest BCUT2D eigenvalue weighted by atomic mass is 16.6. The summed E-state index contributed by atoms with van der Waals surface area (Å²) in [5.41, 5.74) is 4.63. The molecular formula is C14H23N3O10. The molecule has 1 aliphatic rings. The highest BCUT2D eigenvalue weighted by Gasteiger charge is 2.43. The van der Waals surface area contributed by atoms with Crippen molar-refractivity contribution in [1.82, 2.24) is 9.55 Å². The summed E-state index contributed by atoms with van der Waals surface area (Å²) >= 11 is 0. The number of aromatic nitrogens is 2. The molecule has 1 fully saturated rings. The molecule has 2 rings (SSSR count). The number of nitrogen functional groups attached to an aromatic ring is 1. The molecule has 1 aromatic heterocycles. The molecule has 13 nitrogen and oxygen atoms in total. The summed E-state index contributed by atoms with van der Waals surface area (Å²) in [6.07, 6.45) is -7.90. The van der Waals surface area contributed by atoms with Crippen LogP contribution in [0.5, 0.6) is 0 Å². The van der Waals surface area contributed by atoms with Crippen LogP contribution < -0.4 is 11.4 Å². The molecule has 7 atom stereocenters. The largest absolute Gasteiger partial charge is 0.394 e. The number of aliphatic hydroxyl groups is 7. The Morgan fingerprint density at radius 1 is 1.26 bits per heavy atom. The standard InChI is InChI=1S/C9H13N3O5.C5H10O5/c10-5-1-2-12(9(16)11-5)8-7(15)6(14)4(3-13)17-8;6-1-3(8)5(10)4(9)2-7/h1-2,4,6-8,13-15H,3H2,(H2,10,11,16);1,3-5,7-10H,2H2/t4-,6-,7-,8-;/m1./s1. The van der Waals surface area contributed by atoms with E-state index in [1.54, 1.807) is 0 Å². The van der Waals surface area contributed by atoms with E-state index in [4.69, 9.17) is 36.0 Å². The number of nitrogens with zero attached hydrogens (tertiary/aromatic N) is 2. The van der Waals surface area contributed by atoms with Crippen molar-refractivity contribution in [3.8, 4) is 0 Å². The average molecular weight is 393 g/mol. The van der Waals surface area contributed by atoms with Crippen molar-refractivity contribution in [3.05, 3.63) is 22.7 Å². The molecule has 27 heavy (non-hydrogen) atoms. The molecule has 154 valence electrons. The number of ether oxygens (including phenoxy) is 1. The summed E-state index contributed by atoms with van der Waals surface area (Å²) < 4.78 is 6.19. The Hall–Kier alpha value is -1.97. The van der Waals surface area contributed by atoms with E-state index in [0.717, 1.165) is 4.57 Å². The van der Waals surface area contributed by atoms with Gasteiger partial charge in [-0.05, 0) is 6.07 Å². The number of nitrogens with two attached hydrogens (primary N) is 1. The van der Waals surface area contributed by atoms with Crippen molar-refractivity contribution in [2.24, 2.45) is 0 Å². The minimum absolute atomic E-state index is 0.0537. The summed E-state index contributed by atoms with van der Waals surface area (Å²) in [4.78, 5) is 24.8. The number of aliphatic hydroxyl groups excluding tert-OH is 7. The van der Waals surface area contributed by atoms with Crippen LogP contribution in [0.15, 0.2) is 17.1 Å². The second kappa shape index (κ2) is 10.4. The van der Waals surface area contributed by atoms with Gasteiger partial charge in [0.1, 0.15) is 42.4 Å². The summed E-state index contributed by atoms with van der Waals surface area (Å²) in [7, 11) is 0. The van der Waals surface area contributed by atoms with E-state index in [1.165, 1.54) is 12.3 Å². The minimum Gasteiger partial charge on any atom is -0.394 e. The van der Waals surface area contributed by atoms with E-state index < -0.39 is 61.8 Å². The topological polar surface area (TPSA) is 229 Å². The molecule has 13 heteroatoms. The molecule has 9 N–H and O–H groups in total. The molecule has 2 heterocycles. The number of carbonyl (C=O) groups is 1. The number of anilines is 1. The van der Waals surface area contributed by atoms with Gasteiger partial charge in [0.25, 0.3) is 0 Å². The van der Waals surface area contributed by atoms with Crippen molar-refractivity contribution in [1.29, 1.82) is 0 Å². The lowest BCUT2D eigenvalue weighted by atomic mass is 10.1. The maximum Gasteiger partial charge on any atom is 0.351 e. The summed E-state index contributed by atoms with van der Waals surface area (Å²) in [6.45, 7) is -1.14. The number of rotatable bonds is 6. The average Bonchev–Trinajstić information content (AvgIpc) is 2.94. The van der Waals surface area contributed by atoms with E-state index in [2.05, 4.69) is 4.98 Å². The molecule has 0 spiro atoms. The molecule has 0 aromatic carbocycles. The fraction of sp³-hybridized carbons (Fsp3) is 0.643. The zero-order valence-corrected chi connectivity index (χ0v) is 14.0. The lowest BCUT2D eigenvalue weighted by Crippen LogP contribution is -2.40. The van der Waals surface area contributed by atoms with Gasteiger partial charge >= 0.3 is 5.69 Å². The van der Waals surface area contributed by atoms with E-state index in [9.17, 15) is 19.8 Å². The van der Waals surface area contributed by atoms with E-state index in [0.29, 0.717) is 0 Å². The number of hydrogen-bond donors (Lipinski definition) is 8. The van der Waals surface area contributed by atoms with E-state index in [1.807, 2.05) is 0 Å². The smallest absolute Gasteiger partial charge is 0.351 e. The predicted molar refractivity (Wildman–Crippen MR) is 87.1 cm³/mol. The first kappa shape index (κ1) is 23.1. The highest BCUT2D eigenvalue weighted by molar-refractivity contribution is 5.56. The first-order valence-electron chi connectivity index (χ1n) is 7.75. The maximum atomic E-state index is 11.5. The van der Waals surface area contributed by atoms with Gasteiger partial charge in [-0.15, -0.1) is 0 Å². The summed E-state index contributed by atoms with van der Waals surface area (Å²) in [6, 6.07) is 1.37. The Kier molecular flexibility index (Phi) is 8.87. The van der Waals surface area contributed by atoms with Gasteiger partial charge < -0.3 is 51.0 Å². The number of aldehydes is 1. The fourth-order valence-corrected chi connectivity index (χ4v) is 2.15. The van der Waals surface area contributed by atoms with Crippen molar-refractivity contribution in [2.45, 2.75) is 42.9 Å². The van der Waals surface area contributed by atoms with Gasteiger partial charge in [-0.2, -0.15) is 4.98 Å². The second-order valence-electron chi connectivity index (χ2n) is 5.64. The van der Waals surface area contributed by atoms with Crippen LogP contribution in [-0.4, -0.2) is 101 Å². The lowest BCUT2D eigenvalue weighted by molar-refractivity contribution is -0.127. The second-order valence-corrected chi connectivity index (χ2v) is 5.64. The van der Waals surface area contributed by atoms with E-state index >= 15 is 0 Å². The zero-order valence-electron chi connectivity index (χ0n) is 14.0. The van der Waals surface area contributed by atoms with Crippen LogP contribution in [0.4, 0.5) is 5.82 Å². The molecule has 0 aliphatic carbocycles. The van der Waals surface area contributed by atoms with E-state index in [-0.39, 0.29) is 12.1 Å². The van der Waals surface area contributed by atoms with Crippen LogP contribution in [0.25, 0.3) is 0 Å². The van der Waals surface area contributed by atoms with Crippen molar-refractivity contribution >= 4 is 12.1 Å². The van der Waals surface area contributed by atoms with Crippen LogP contribution in [0, 0.1) is 0 Å². The van der Waals surface area contributed by atoms with Gasteiger partial charge in [0.2, 0.25) is 0 Å². The quantitative estimate of drug-likeness (QED) is 0.212. The molecule has 1 saturated heterocycles. The molecule has 0 amide bonds. The lowest BCUT2D eigenvalue weighted by Gasteiger charge is -2.16. The fourth-order valence-electron chi connectivity index (χ4n) is 2.15. The first-order chi connectivity index (χ1) is 12.7. The molecule has 0 bridgehead atoms. The van der Waals surface area contributed by atoms with Crippen molar-refractivity contribution in [2.75, 3.05) is 18.9 Å². The minimum atomic E-state index is -1.64.